The average Bonchev–Trinajstić information content (AvgIpc) is 2.97. The zero-order chi connectivity index (χ0) is 20.3. The van der Waals surface area contributed by atoms with Gasteiger partial charge in [-0.15, -0.1) is 0 Å². The number of pyridine rings is 1. The second kappa shape index (κ2) is 8.48. The molecular weight excluding hydrogens is 398 g/mol. The molecule has 150 valence electrons. The van der Waals surface area contributed by atoms with Crippen molar-refractivity contribution >= 4 is 44.3 Å². The highest BCUT2D eigenvalue weighted by atomic mass is 32.2. The fraction of sp³-hybridized carbons (Fsp3) is 0.421. The minimum atomic E-state index is -3.01. The number of hydrogen-bond donors (Lipinski definition) is 2. The summed E-state index contributed by atoms with van der Waals surface area (Å²) in [6.45, 7) is 4.01. The summed E-state index contributed by atoms with van der Waals surface area (Å²) < 4.78 is 22.9. The van der Waals surface area contributed by atoms with Gasteiger partial charge in [0, 0.05) is 11.8 Å². The Bertz CT molecular complexity index is 1020. The molecule has 0 unspecified atom stereocenters. The zero-order valence-corrected chi connectivity index (χ0v) is 17.5. The number of benzene rings is 1. The van der Waals surface area contributed by atoms with E-state index in [4.69, 9.17) is 0 Å². The van der Waals surface area contributed by atoms with Crippen molar-refractivity contribution in [3.05, 3.63) is 35.4 Å². The molecule has 2 N–H and O–H groups in total. The molecule has 0 aliphatic carbocycles. The Morgan fingerprint density at radius 3 is 2.64 bits per heavy atom. The lowest BCUT2D eigenvalue weighted by Crippen LogP contribution is -2.43. The van der Waals surface area contributed by atoms with Crippen LogP contribution in [0.15, 0.2) is 29.3 Å². The van der Waals surface area contributed by atoms with Crippen LogP contribution in [-0.4, -0.2) is 42.5 Å². The molecule has 1 aliphatic rings. The van der Waals surface area contributed by atoms with Gasteiger partial charge in [-0.05, 0) is 43.4 Å². The van der Waals surface area contributed by atoms with Gasteiger partial charge in [0.05, 0.1) is 27.8 Å². The summed E-state index contributed by atoms with van der Waals surface area (Å²) >= 11 is 1.30. The number of para-hydroxylation sites is 1. The van der Waals surface area contributed by atoms with Crippen molar-refractivity contribution in [2.75, 3.05) is 17.3 Å². The number of carbonyl (C=O) groups excluding carboxylic acids is 2. The minimum absolute atomic E-state index is 0.0383. The average molecular weight is 422 g/mol. The molecule has 9 heteroatoms. The Hall–Kier alpha value is -2.13. The molecular formula is C19H23N3O4S2. The third-order valence-corrected chi connectivity index (χ3v) is 7.47. The van der Waals surface area contributed by atoms with Crippen molar-refractivity contribution < 1.29 is 18.0 Å². The first-order valence-corrected chi connectivity index (χ1v) is 11.8. The number of fused-ring (bicyclic) bond motifs is 1. The van der Waals surface area contributed by atoms with Gasteiger partial charge < -0.3 is 0 Å². The quantitative estimate of drug-likeness (QED) is 0.564. The molecule has 28 heavy (non-hydrogen) atoms. The van der Waals surface area contributed by atoms with Crippen LogP contribution in [0, 0.1) is 19.8 Å². The largest absolute Gasteiger partial charge is 0.273 e. The number of aryl methyl sites for hydroxylation is 2. The first-order chi connectivity index (χ1) is 13.2. The van der Waals surface area contributed by atoms with Crippen molar-refractivity contribution in [2.24, 2.45) is 5.92 Å². The van der Waals surface area contributed by atoms with E-state index in [1.54, 1.807) is 0 Å². The van der Waals surface area contributed by atoms with Crippen LogP contribution in [0.3, 0.4) is 0 Å². The Morgan fingerprint density at radius 1 is 1.18 bits per heavy atom. The first kappa shape index (κ1) is 20.6. The highest BCUT2D eigenvalue weighted by Crippen LogP contribution is 2.25. The molecule has 1 aromatic carbocycles. The van der Waals surface area contributed by atoms with Gasteiger partial charge in [0.2, 0.25) is 11.8 Å². The fourth-order valence-corrected chi connectivity index (χ4v) is 5.90. The minimum Gasteiger partial charge on any atom is -0.273 e. The predicted molar refractivity (Wildman–Crippen MR) is 110 cm³/mol. The van der Waals surface area contributed by atoms with Gasteiger partial charge in [0.15, 0.2) is 9.84 Å². The molecule has 1 aliphatic heterocycles. The van der Waals surface area contributed by atoms with E-state index in [0.29, 0.717) is 6.42 Å². The summed E-state index contributed by atoms with van der Waals surface area (Å²) in [5.74, 6) is -0.619. The normalized spacial score (nSPS) is 18.1. The molecule has 2 aromatic rings. The molecule has 0 bridgehead atoms. The summed E-state index contributed by atoms with van der Waals surface area (Å²) in [6, 6.07) is 7.97. The summed E-state index contributed by atoms with van der Waals surface area (Å²) in [4.78, 5) is 28.5. The number of hydrogen-bond acceptors (Lipinski definition) is 6. The summed E-state index contributed by atoms with van der Waals surface area (Å²) in [5.41, 5.74) is 7.82. The number of thioether (sulfide) groups is 1. The van der Waals surface area contributed by atoms with Gasteiger partial charge in [-0.1, -0.05) is 30.0 Å². The van der Waals surface area contributed by atoms with Crippen molar-refractivity contribution in [3.8, 4) is 0 Å². The van der Waals surface area contributed by atoms with Crippen molar-refractivity contribution in [1.29, 1.82) is 0 Å². The van der Waals surface area contributed by atoms with Crippen LogP contribution < -0.4 is 10.9 Å². The highest BCUT2D eigenvalue weighted by Gasteiger charge is 2.29. The number of carbonyl (C=O) groups is 2. The maximum absolute atomic E-state index is 12.0. The summed E-state index contributed by atoms with van der Waals surface area (Å²) in [7, 11) is -3.01. The third kappa shape index (κ3) is 5.23. The second-order valence-corrected chi connectivity index (χ2v) is 10.3. The molecule has 3 rings (SSSR count). The summed E-state index contributed by atoms with van der Waals surface area (Å²) in [5, 5.41) is 1.84. The number of nitrogens with one attached hydrogen (secondary N) is 2. The van der Waals surface area contributed by atoms with E-state index in [1.807, 2.05) is 38.1 Å². The van der Waals surface area contributed by atoms with Crippen molar-refractivity contribution in [3.63, 3.8) is 0 Å². The number of amides is 2. The van der Waals surface area contributed by atoms with E-state index in [-0.39, 0.29) is 41.4 Å². The van der Waals surface area contributed by atoms with Gasteiger partial charge in [-0.2, -0.15) is 0 Å². The second-order valence-electron chi connectivity index (χ2n) is 7.11. The molecule has 2 heterocycles. The van der Waals surface area contributed by atoms with Gasteiger partial charge in [-0.3, -0.25) is 20.4 Å². The number of nitrogens with zero attached hydrogens (tertiary/aromatic N) is 1. The number of rotatable bonds is 5. The van der Waals surface area contributed by atoms with Crippen LogP contribution in [-0.2, 0) is 19.4 Å². The maximum Gasteiger partial charge on any atom is 0.248 e. The molecule has 0 spiro atoms. The molecule has 1 aromatic heterocycles. The van der Waals surface area contributed by atoms with Crippen LogP contribution in [0.25, 0.3) is 10.9 Å². The van der Waals surface area contributed by atoms with Gasteiger partial charge in [0.1, 0.15) is 0 Å². The van der Waals surface area contributed by atoms with E-state index in [9.17, 15) is 18.0 Å². The Balaban J connectivity index is 1.49. The monoisotopic (exact) mass is 421 g/mol. The van der Waals surface area contributed by atoms with E-state index in [2.05, 4.69) is 15.8 Å². The number of hydrazine groups is 1. The van der Waals surface area contributed by atoms with Crippen LogP contribution in [0.1, 0.15) is 24.0 Å². The van der Waals surface area contributed by atoms with Gasteiger partial charge in [-0.25, -0.2) is 13.4 Å². The number of sulfone groups is 1. The van der Waals surface area contributed by atoms with Crippen LogP contribution in [0.4, 0.5) is 0 Å². The summed E-state index contributed by atoms with van der Waals surface area (Å²) in [6.07, 6.45) is 0.587. The first-order valence-electron chi connectivity index (χ1n) is 9.01. The maximum atomic E-state index is 12.0. The highest BCUT2D eigenvalue weighted by molar-refractivity contribution is 7.99. The molecule has 2 amide bonds. The van der Waals surface area contributed by atoms with Crippen LogP contribution in [0.2, 0.25) is 0 Å². The SMILES string of the molecule is Cc1cc(SCC(=O)NNC(=O)C[C@@H]2CCS(=O)(=O)C2)nc2c(C)cccc12. The van der Waals surface area contributed by atoms with E-state index in [0.717, 1.165) is 27.1 Å². The fourth-order valence-electron chi connectivity index (χ4n) is 3.27. The molecule has 1 atom stereocenters. The lowest BCUT2D eigenvalue weighted by molar-refractivity contribution is -0.128. The standard InChI is InChI=1S/C19H23N3O4S2/c1-12-4-3-5-15-13(2)8-18(20-19(12)15)27-10-17(24)22-21-16(23)9-14-6-7-28(25,26)11-14/h3-5,8,14H,6-7,9-11H2,1-2H3,(H,21,23)(H,22,24)/t14-/m0/s1. The molecule has 7 nitrogen and oxygen atoms in total. The Kier molecular flexibility index (Phi) is 6.24. The topological polar surface area (TPSA) is 105 Å². The Morgan fingerprint density at radius 2 is 1.93 bits per heavy atom. The van der Waals surface area contributed by atoms with Crippen molar-refractivity contribution in [2.45, 2.75) is 31.7 Å². The van der Waals surface area contributed by atoms with Gasteiger partial charge >= 0.3 is 0 Å². The van der Waals surface area contributed by atoms with Gasteiger partial charge in [0.25, 0.3) is 0 Å². The van der Waals surface area contributed by atoms with Crippen molar-refractivity contribution in [1.82, 2.24) is 15.8 Å². The molecule has 0 saturated carbocycles. The van der Waals surface area contributed by atoms with Crippen LogP contribution >= 0.6 is 11.8 Å². The van der Waals surface area contributed by atoms with E-state index >= 15 is 0 Å². The van der Waals surface area contributed by atoms with Crippen LogP contribution in [0.5, 0.6) is 0 Å². The van der Waals surface area contributed by atoms with E-state index < -0.39 is 9.84 Å². The van der Waals surface area contributed by atoms with E-state index in [1.165, 1.54) is 11.8 Å². The predicted octanol–water partition coefficient (Wildman–Crippen LogP) is 1.92. The lowest BCUT2D eigenvalue weighted by atomic mass is 10.1. The molecule has 1 fully saturated rings. The smallest absolute Gasteiger partial charge is 0.248 e. The molecule has 1 saturated heterocycles. The molecule has 0 radical (unpaired) electrons. The Labute approximate surface area is 168 Å². The lowest BCUT2D eigenvalue weighted by Gasteiger charge is -2.10. The number of aromatic nitrogens is 1. The zero-order valence-electron chi connectivity index (χ0n) is 15.8. The third-order valence-electron chi connectivity index (χ3n) is 4.72.